The molecule has 4 rings (SSSR count). The second kappa shape index (κ2) is 7.05. The van der Waals surface area contributed by atoms with Crippen LogP contribution in [0.3, 0.4) is 0 Å². The van der Waals surface area contributed by atoms with Gasteiger partial charge in [-0.15, -0.1) is 0 Å². The molecule has 0 unspecified atom stereocenters. The molecule has 1 aromatic carbocycles. The van der Waals surface area contributed by atoms with Crippen molar-refractivity contribution in [2.24, 2.45) is 5.41 Å². The summed E-state index contributed by atoms with van der Waals surface area (Å²) in [6, 6.07) is 8.49. The number of carbonyl (C=O) groups excluding carboxylic acids is 1. The number of nitrogens with zero attached hydrogens (tertiary/aromatic N) is 2. The second-order valence-corrected chi connectivity index (χ2v) is 8.23. The molecule has 0 bridgehead atoms. The van der Waals surface area contributed by atoms with Crippen molar-refractivity contribution < 1.29 is 9.53 Å². The molecule has 1 amide bonds. The summed E-state index contributed by atoms with van der Waals surface area (Å²) in [5.74, 6) is 0.140. The molecule has 3 heterocycles. The van der Waals surface area contributed by atoms with Crippen molar-refractivity contribution in [1.29, 1.82) is 0 Å². The number of likely N-dealkylation sites (tertiary alicyclic amines) is 1. The fraction of sp³-hybridized carbons (Fsp3) is 0.571. The van der Waals surface area contributed by atoms with E-state index in [9.17, 15) is 4.79 Å². The predicted octanol–water partition coefficient (Wildman–Crippen LogP) is 3.13. The summed E-state index contributed by atoms with van der Waals surface area (Å²) >= 11 is 0. The van der Waals surface area contributed by atoms with Crippen LogP contribution in [-0.4, -0.2) is 66.1 Å². The zero-order chi connectivity index (χ0) is 18.1. The number of aromatic amines is 1. The molecule has 1 N–H and O–H groups in total. The van der Waals surface area contributed by atoms with Gasteiger partial charge in [0.1, 0.15) is 0 Å². The van der Waals surface area contributed by atoms with E-state index in [1.165, 1.54) is 0 Å². The highest BCUT2D eigenvalue weighted by atomic mass is 16.5. The molecule has 5 heteroatoms. The Morgan fingerprint density at radius 1 is 1.23 bits per heavy atom. The number of fused-ring (bicyclic) bond motifs is 1. The maximum absolute atomic E-state index is 13.2. The SMILES string of the molecule is CC(C)N1CCOC[C@]2(CCCN(C(=O)c3ccc4cc[nH]c4c3)C2)C1. The van der Waals surface area contributed by atoms with Crippen LogP contribution in [0.5, 0.6) is 0 Å². The van der Waals surface area contributed by atoms with Crippen LogP contribution in [0.4, 0.5) is 0 Å². The van der Waals surface area contributed by atoms with E-state index in [4.69, 9.17) is 4.74 Å². The monoisotopic (exact) mass is 355 g/mol. The number of rotatable bonds is 2. The molecule has 1 aromatic heterocycles. The number of hydrogen-bond acceptors (Lipinski definition) is 3. The molecular weight excluding hydrogens is 326 g/mol. The molecule has 5 nitrogen and oxygen atoms in total. The van der Waals surface area contributed by atoms with Gasteiger partial charge in [0.25, 0.3) is 5.91 Å². The summed E-state index contributed by atoms with van der Waals surface area (Å²) < 4.78 is 5.96. The third-order valence-corrected chi connectivity index (χ3v) is 5.95. The third kappa shape index (κ3) is 3.38. The zero-order valence-corrected chi connectivity index (χ0v) is 15.8. The molecule has 2 aliphatic rings. The number of hydrogen-bond donors (Lipinski definition) is 1. The van der Waals surface area contributed by atoms with Crippen LogP contribution in [0.2, 0.25) is 0 Å². The van der Waals surface area contributed by atoms with Crippen molar-refractivity contribution in [3.8, 4) is 0 Å². The Labute approximate surface area is 155 Å². The van der Waals surface area contributed by atoms with Gasteiger partial charge >= 0.3 is 0 Å². The minimum atomic E-state index is 0.0607. The van der Waals surface area contributed by atoms with Crippen LogP contribution in [0.15, 0.2) is 30.5 Å². The van der Waals surface area contributed by atoms with E-state index in [0.29, 0.717) is 6.04 Å². The predicted molar refractivity (Wildman–Crippen MR) is 103 cm³/mol. The Morgan fingerprint density at radius 3 is 2.96 bits per heavy atom. The lowest BCUT2D eigenvalue weighted by atomic mass is 9.79. The highest BCUT2D eigenvalue weighted by molar-refractivity contribution is 5.98. The van der Waals surface area contributed by atoms with E-state index in [1.54, 1.807) is 0 Å². The topological polar surface area (TPSA) is 48.6 Å². The standard InChI is InChI=1S/C21H29N3O2/c1-16(2)23-10-11-26-15-21(13-23)7-3-9-24(14-21)20(25)18-5-4-17-6-8-22-19(17)12-18/h4-6,8,12,16,22H,3,7,9-11,13-15H2,1-2H3/t21-/m1/s1. The number of nitrogens with one attached hydrogen (secondary N) is 1. The summed E-state index contributed by atoms with van der Waals surface area (Å²) in [5, 5.41) is 1.14. The van der Waals surface area contributed by atoms with Gasteiger partial charge in [-0.2, -0.15) is 0 Å². The van der Waals surface area contributed by atoms with Crippen LogP contribution in [-0.2, 0) is 4.74 Å². The molecule has 2 aromatic rings. The number of ether oxygens (including phenoxy) is 1. The Morgan fingerprint density at radius 2 is 2.12 bits per heavy atom. The van der Waals surface area contributed by atoms with Crippen molar-refractivity contribution in [1.82, 2.24) is 14.8 Å². The van der Waals surface area contributed by atoms with E-state index in [-0.39, 0.29) is 11.3 Å². The van der Waals surface area contributed by atoms with E-state index in [0.717, 1.165) is 68.7 Å². The first-order chi connectivity index (χ1) is 12.6. The molecule has 1 spiro atoms. The smallest absolute Gasteiger partial charge is 0.253 e. The van der Waals surface area contributed by atoms with Crippen LogP contribution in [0.1, 0.15) is 37.0 Å². The maximum atomic E-state index is 13.2. The third-order valence-electron chi connectivity index (χ3n) is 5.95. The van der Waals surface area contributed by atoms with E-state index in [2.05, 4.69) is 23.7 Å². The Bertz CT molecular complexity index is 784. The lowest BCUT2D eigenvalue weighted by Gasteiger charge is -2.44. The number of carbonyl (C=O) groups is 1. The quantitative estimate of drug-likeness (QED) is 0.900. The van der Waals surface area contributed by atoms with Crippen LogP contribution in [0, 0.1) is 5.41 Å². The number of piperidine rings is 1. The summed E-state index contributed by atoms with van der Waals surface area (Å²) in [6.07, 6.45) is 4.10. The summed E-state index contributed by atoms with van der Waals surface area (Å²) in [7, 11) is 0. The molecule has 2 fully saturated rings. The first-order valence-electron chi connectivity index (χ1n) is 9.75. The molecule has 0 saturated carbocycles. The Balaban J connectivity index is 1.54. The van der Waals surface area contributed by atoms with Gasteiger partial charge in [0.15, 0.2) is 0 Å². The molecule has 140 valence electrons. The summed E-state index contributed by atoms with van der Waals surface area (Å²) in [4.78, 5) is 20.9. The van der Waals surface area contributed by atoms with Gasteiger partial charge in [0.2, 0.25) is 0 Å². The number of H-pyrrole nitrogens is 1. The fourth-order valence-electron chi connectivity index (χ4n) is 4.46. The van der Waals surface area contributed by atoms with Gasteiger partial charge in [-0.25, -0.2) is 0 Å². The first-order valence-corrected chi connectivity index (χ1v) is 9.75. The second-order valence-electron chi connectivity index (χ2n) is 8.23. The van der Waals surface area contributed by atoms with Crippen molar-refractivity contribution >= 4 is 16.8 Å². The van der Waals surface area contributed by atoms with Gasteiger partial charge in [-0.05, 0) is 50.3 Å². The highest BCUT2D eigenvalue weighted by Crippen LogP contribution is 2.34. The Hall–Kier alpha value is -1.85. The molecule has 0 aliphatic carbocycles. The first kappa shape index (κ1) is 17.6. The minimum Gasteiger partial charge on any atom is -0.379 e. The van der Waals surface area contributed by atoms with Crippen molar-refractivity contribution in [2.75, 3.05) is 39.4 Å². The normalized spacial score (nSPS) is 25.1. The van der Waals surface area contributed by atoms with Crippen molar-refractivity contribution in [2.45, 2.75) is 32.7 Å². The summed E-state index contributed by atoms with van der Waals surface area (Å²) in [6.45, 7) is 9.67. The van der Waals surface area contributed by atoms with E-state index in [1.807, 2.05) is 35.4 Å². The average Bonchev–Trinajstić information content (AvgIpc) is 3.02. The van der Waals surface area contributed by atoms with E-state index >= 15 is 0 Å². The van der Waals surface area contributed by atoms with Crippen molar-refractivity contribution in [3.05, 3.63) is 36.0 Å². The number of amides is 1. The summed E-state index contributed by atoms with van der Waals surface area (Å²) in [5.41, 5.74) is 1.85. The molecule has 26 heavy (non-hydrogen) atoms. The van der Waals surface area contributed by atoms with Gasteiger partial charge in [-0.1, -0.05) is 6.07 Å². The van der Waals surface area contributed by atoms with E-state index < -0.39 is 0 Å². The highest BCUT2D eigenvalue weighted by Gasteiger charge is 2.40. The van der Waals surface area contributed by atoms with Crippen molar-refractivity contribution in [3.63, 3.8) is 0 Å². The lowest BCUT2D eigenvalue weighted by Crippen LogP contribution is -2.53. The zero-order valence-electron chi connectivity index (χ0n) is 15.8. The van der Waals surface area contributed by atoms with Gasteiger partial charge in [-0.3, -0.25) is 9.69 Å². The molecular formula is C21H29N3O2. The lowest BCUT2D eigenvalue weighted by molar-refractivity contribution is 0.00573. The fourth-order valence-corrected chi connectivity index (χ4v) is 4.46. The average molecular weight is 355 g/mol. The van der Waals surface area contributed by atoms with Crippen LogP contribution >= 0.6 is 0 Å². The molecule has 2 saturated heterocycles. The minimum absolute atomic E-state index is 0.0607. The Kier molecular flexibility index (Phi) is 4.76. The largest absolute Gasteiger partial charge is 0.379 e. The number of aromatic nitrogens is 1. The molecule has 2 aliphatic heterocycles. The van der Waals surface area contributed by atoms with Crippen LogP contribution < -0.4 is 0 Å². The number of benzene rings is 1. The van der Waals surface area contributed by atoms with Gasteiger partial charge in [0, 0.05) is 54.9 Å². The van der Waals surface area contributed by atoms with Gasteiger partial charge < -0.3 is 14.6 Å². The molecule has 1 atom stereocenters. The van der Waals surface area contributed by atoms with Gasteiger partial charge in [0.05, 0.1) is 13.2 Å². The maximum Gasteiger partial charge on any atom is 0.253 e. The molecule has 0 radical (unpaired) electrons. The van der Waals surface area contributed by atoms with Crippen LogP contribution in [0.25, 0.3) is 10.9 Å².